The van der Waals surface area contributed by atoms with Crippen LogP contribution >= 0.6 is 0 Å². The summed E-state index contributed by atoms with van der Waals surface area (Å²) >= 11 is 0. The van der Waals surface area contributed by atoms with E-state index in [1.807, 2.05) is 51.6 Å². The van der Waals surface area contributed by atoms with E-state index in [1.165, 1.54) is 41.4 Å². The first-order valence-electron chi connectivity index (χ1n) is 25.9. The van der Waals surface area contributed by atoms with Crippen molar-refractivity contribution < 1.29 is 53.0 Å². The van der Waals surface area contributed by atoms with Crippen molar-refractivity contribution in [3.05, 3.63) is 42.0 Å². The van der Waals surface area contributed by atoms with Crippen molar-refractivity contribution in [2.45, 2.75) is 162 Å². The number of benzene rings is 1. The minimum atomic E-state index is -0.948. The van der Waals surface area contributed by atoms with Gasteiger partial charge in [-0.15, -0.1) is 0 Å². The molecule has 7 amide bonds. The van der Waals surface area contributed by atoms with Gasteiger partial charge in [-0.2, -0.15) is 0 Å². The van der Waals surface area contributed by atoms with E-state index in [2.05, 4.69) is 24.5 Å². The SMILES string of the molecule is CC[C@H](C)[C@@H]([C@@H](CC(=O)N1CCC[C@H]1[C@H](OC)[C@@H](C)C(=O)N[C@@H](Cc1ccc(O)cc1)C(=O)N1CCCCO1)OC)N(C)[C@H](C(=O)NC(=O)[C@H](C(C)C)N(C)CCCCCCN1C(=O)C=CC1=O)C(C)C. The second kappa shape index (κ2) is 28.5. The van der Waals surface area contributed by atoms with Crippen LogP contribution in [0, 0.1) is 23.7 Å². The highest BCUT2D eigenvalue weighted by Crippen LogP contribution is 2.31. The van der Waals surface area contributed by atoms with Gasteiger partial charge in [0, 0.05) is 58.5 Å². The largest absolute Gasteiger partial charge is 0.508 e. The number of aromatic hydroxyl groups is 1. The lowest BCUT2D eigenvalue weighted by Gasteiger charge is -2.43. The Morgan fingerprint density at radius 1 is 0.817 bits per heavy atom. The van der Waals surface area contributed by atoms with Gasteiger partial charge >= 0.3 is 0 Å². The Morgan fingerprint density at radius 3 is 2.03 bits per heavy atom. The number of rotatable bonds is 28. The van der Waals surface area contributed by atoms with Crippen molar-refractivity contribution in [1.82, 2.24) is 35.3 Å². The number of hydrogen-bond donors (Lipinski definition) is 3. The van der Waals surface area contributed by atoms with Crippen molar-refractivity contribution in [1.29, 1.82) is 0 Å². The van der Waals surface area contributed by atoms with Crippen molar-refractivity contribution in [3.63, 3.8) is 0 Å². The summed E-state index contributed by atoms with van der Waals surface area (Å²) in [6.07, 6.45) is 8.24. The fourth-order valence-electron chi connectivity index (χ4n) is 10.7. The van der Waals surface area contributed by atoms with Gasteiger partial charge in [0.1, 0.15) is 11.8 Å². The lowest BCUT2D eigenvalue weighted by atomic mass is 9.87. The molecule has 0 radical (unpaired) electrons. The summed E-state index contributed by atoms with van der Waals surface area (Å²) in [6.45, 7) is 15.9. The fraction of sp³-hybridized carbons (Fsp3) is 0.717. The van der Waals surface area contributed by atoms with Gasteiger partial charge in [0.2, 0.25) is 23.6 Å². The average molecular weight is 996 g/mol. The van der Waals surface area contributed by atoms with Gasteiger partial charge in [0.25, 0.3) is 17.7 Å². The smallest absolute Gasteiger partial charge is 0.269 e. The molecule has 398 valence electrons. The summed E-state index contributed by atoms with van der Waals surface area (Å²) in [7, 11) is 6.84. The van der Waals surface area contributed by atoms with Crippen LogP contribution in [0.4, 0.5) is 0 Å². The second-order valence-corrected chi connectivity index (χ2v) is 20.5. The molecule has 1 aromatic carbocycles. The number of likely N-dealkylation sites (N-methyl/N-ethyl adjacent to an activating group) is 2. The molecule has 0 unspecified atom stereocenters. The number of likely N-dealkylation sites (tertiary alicyclic amines) is 1. The number of phenols is 1. The molecule has 71 heavy (non-hydrogen) atoms. The number of nitrogens with one attached hydrogen (secondary N) is 2. The maximum atomic E-state index is 14.6. The number of amides is 7. The normalized spacial score (nSPS) is 19.8. The summed E-state index contributed by atoms with van der Waals surface area (Å²) in [4.78, 5) is 107. The first kappa shape index (κ1) is 58.8. The Labute approximate surface area is 422 Å². The van der Waals surface area contributed by atoms with E-state index in [4.69, 9.17) is 14.3 Å². The van der Waals surface area contributed by atoms with Gasteiger partial charge < -0.3 is 24.8 Å². The van der Waals surface area contributed by atoms with Crippen LogP contribution in [0.5, 0.6) is 5.75 Å². The van der Waals surface area contributed by atoms with Crippen LogP contribution in [0.3, 0.4) is 0 Å². The predicted molar refractivity (Wildman–Crippen MR) is 269 cm³/mol. The van der Waals surface area contributed by atoms with Crippen LogP contribution in [0.1, 0.15) is 118 Å². The summed E-state index contributed by atoms with van der Waals surface area (Å²) < 4.78 is 12.2. The fourth-order valence-corrected chi connectivity index (χ4v) is 10.7. The van der Waals surface area contributed by atoms with Crippen LogP contribution in [0.2, 0.25) is 0 Å². The van der Waals surface area contributed by atoms with Crippen LogP contribution in [0.25, 0.3) is 0 Å². The molecule has 4 rings (SSSR count). The molecule has 0 spiro atoms. The Balaban J connectivity index is 1.42. The number of nitrogens with zero attached hydrogens (tertiary/aromatic N) is 5. The number of phenolic OH excluding ortho intramolecular Hbond substituents is 1. The molecular weight excluding hydrogens is 911 g/mol. The predicted octanol–water partition coefficient (Wildman–Crippen LogP) is 4.48. The van der Waals surface area contributed by atoms with Gasteiger partial charge in [-0.25, -0.2) is 5.06 Å². The number of methoxy groups -OCH3 is 2. The molecule has 1 aromatic rings. The quantitative estimate of drug-likeness (QED) is 0.0784. The Hall–Kier alpha value is -4.75. The lowest BCUT2D eigenvalue weighted by molar-refractivity contribution is -0.199. The first-order chi connectivity index (χ1) is 33.7. The molecule has 0 aliphatic carbocycles. The zero-order valence-electron chi connectivity index (χ0n) is 44.4. The number of unbranched alkanes of at least 4 members (excludes halogenated alkanes) is 3. The second-order valence-electron chi connectivity index (χ2n) is 20.5. The topological polar surface area (TPSA) is 208 Å². The number of hydrogen-bond acceptors (Lipinski definition) is 13. The molecule has 2 fully saturated rings. The Kier molecular flexibility index (Phi) is 23.6. The molecule has 3 aliphatic rings. The third kappa shape index (κ3) is 16.1. The zero-order chi connectivity index (χ0) is 52.5. The molecule has 3 heterocycles. The van der Waals surface area contributed by atoms with Crippen molar-refractivity contribution >= 4 is 41.4 Å². The zero-order valence-corrected chi connectivity index (χ0v) is 44.4. The van der Waals surface area contributed by atoms with Crippen LogP contribution in [-0.4, -0.2) is 175 Å². The van der Waals surface area contributed by atoms with Gasteiger partial charge in [-0.1, -0.05) is 79.9 Å². The highest BCUT2D eigenvalue weighted by Gasteiger charge is 2.44. The molecule has 0 aromatic heterocycles. The van der Waals surface area contributed by atoms with Crippen molar-refractivity contribution in [2.24, 2.45) is 23.7 Å². The van der Waals surface area contributed by atoms with Gasteiger partial charge in [-0.05, 0) is 94.6 Å². The molecule has 3 N–H and O–H groups in total. The van der Waals surface area contributed by atoms with Gasteiger partial charge in [0.15, 0.2) is 0 Å². The maximum Gasteiger partial charge on any atom is 0.269 e. The van der Waals surface area contributed by atoms with Gasteiger partial charge in [-0.3, -0.25) is 58.4 Å². The average Bonchev–Trinajstić information content (AvgIpc) is 3.95. The molecule has 18 heteroatoms. The standard InChI is InChI=1S/C53H85N7O11/c1-12-36(6)48(57(9)47(35(4)5)52(67)55-51(66)46(34(2)3)56(8)27-15-13-14-16-28-59-43(62)25-26-44(59)63)42(69-10)33-45(64)58-29-19-20-41(58)49(70-11)37(7)50(65)54-40(32-38-21-23-39(61)24-22-38)53(68)60-30-17-18-31-71-60/h21-26,34-37,40-42,46-49,61H,12-20,27-33H2,1-11H3,(H,54,65)(H,55,66,67)/t36-,37+,40-,41-,42+,46-,47-,48-,49+/m0/s1. The summed E-state index contributed by atoms with van der Waals surface area (Å²) in [5.74, 6) is -3.31. The number of imide groups is 2. The Bertz CT molecular complexity index is 1940. The molecule has 3 aliphatic heterocycles. The number of hydroxylamine groups is 2. The van der Waals surface area contributed by atoms with E-state index in [-0.39, 0.29) is 65.9 Å². The van der Waals surface area contributed by atoms with E-state index in [9.17, 15) is 38.7 Å². The Morgan fingerprint density at radius 2 is 1.45 bits per heavy atom. The van der Waals surface area contributed by atoms with E-state index in [1.54, 1.807) is 31.1 Å². The molecule has 0 saturated carbocycles. The third-order valence-electron chi connectivity index (χ3n) is 14.7. The van der Waals surface area contributed by atoms with Crippen LogP contribution in [0.15, 0.2) is 36.4 Å². The molecular formula is C53H85N7O11. The highest BCUT2D eigenvalue weighted by molar-refractivity contribution is 6.12. The van der Waals surface area contributed by atoms with Crippen LogP contribution in [-0.2, 0) is 54.3 Å². The highest BCUT2D eigenvalue weighted by atomic mass is 16.7. The third-order valence-corrected chi connectivity index (χ3v) is 14.7. The van der Waals surface area contributed by atoms with E-state index in [0.717, 1.165) is 44.1 Å². The van der Waals surface area contributed by atoms with E-state index >= 15 is 0 Å². The van der Waals surface area contributed by atoms with E-state index in [0.29, 0.717) is 52.0 Å². The molecule has 0 bridgehead atoms. The number of carbonyl (C=O) groups is 7. The summed E-state index contributed by atoms with van der Waals surface area (Å²) in [5.41, 5.74) is 0.747. The minimum absolute atomic E-state index is 0.000304. The number of ether oxygens (including phenoxy) is 2. The lowest BCUT2D eigenvalue weighted by Crippen LogP contribution is -2.60. The maximum absolute atomic E-state index is 14.6. The summed E-state index contributed by atoms with van der Waals surface area (Å²) in [6, 6.07) is 3.39. The van der Waals surface area contributed by atoms with Gasteiger partial charge in [0.05, 0.1) is 49.3 Å². The van der Waals surface area contributed by atoms with Crippen LogP contribution < -0.4 is 10.6 Å². The van der Waals surface area contributed by atoms with E-state index < -0.39 is 60.1 Å². The number of carbonyl (C=O) groups excluding carboxylic acids is 7. The molecule has 2 saturated heterocycles. The summed E-state index contributed by atoms with van der Waals surface area (Å²) in [5, 5.41) is 16.9. The first-order valence-corrected chi connectivity index (χ1v) is 25.9. The monoisotopic (exact) mass is 996 g/mol. The van der Waals surface area contributed by atoms with Crippen molar-refractivity contribution in [2.75, 3.05) is 61.1 Å². The molecule has 9 atom stereocenters. The molecule has 18 nitrogen and oxygen atoms in total. The van der Waals surface area contributed by atoms with Crippen molar-refractivity contribution in [3.8, 4) is 5.75 Å². The minimum Gasteiger partial charge on any atom is -0.508 e.